The highest BCUT2D eigenvalue weighted by Gasteiger charge is 2.10. The summed E-state index contributed by atoms with van der Waals surface area (Å²) in [5.74, 6) is -1.93. The first kappa shape index (κ1) is 16.2. The number of hydrazone groups is 2. The number of nitrogens with zero attached hydrogens (tertiary/aromatic N) is 2. The van der Waals surface area contributed by atoms with Crippen molar-refractivity contribution in [1.82, 2.24) is 10.9 Å². The fourth-order valence-corrected chi connectivity index (χ4v) is 0.721. The summed E-state index contributed by atoms with van der Waals surface area (Å²) < 4.78 is 0. The van der Waals surface area contributed by atoms with Gasteiger partial charge in [-0.15, -0.1) is 0 Å². The van der Waals surface area contributed by atoms with Gasteiger partial charge in [-0.3, -0.25) is 9.59 Å². The molecule has 0 spiro atoms. The van der Waals surface area contributed by atoms with Crippen molar-refractivity contribution in [2.75, 3.05) is 0 Å². The topological polar surface area (TPSA) is 123 Å². The van der Waals surface area contributed by atoms with Gasteiger partial charge in [0.25, 0.3) is 0 Å². The third kappa shape index (κ3) is 9.43. The van der Waals surface area contributed by atoms with Gasteiger partial charge in [-0.05, 0) is 13.8 Å². The lowest BCUT2D eigenvalue weighted by molar-refractivity contribution is -0.139. The van der Waals surface area contributed by atoms with Crippen LogP contribution in [0.25, 0.3) is 0 Å². The Morgan fingerprint density at radius 1 is 1.00 bits per heavy atom. The maximum absolute atomic E-state index is 11.1. The predicted molar refractivity (Wildman–Crippen MR) is 65.9 cm³/mol. The molecule has 0 saturated carbocycles. The van der Waals surface area contributed by atoms with Crippen LogP contribution >= 0.6 is 0 Å². The Kier molecular flexibility index (Phi) is 8.33. The highest BCUT2D eigenvalue weighted by atomic mass is 16.3. The van der Waals surface area contributed by atoms with E-state index in [1.165, 1.54) is 12.4 Å². The van der Waals surface area contributed by atoms with E-state index in [1.807, 2.05) is 10.9 Å². The highest BCUT2D eigenvalue weighted by Crippen LogP contribution is 1.84. The van der Waals surface area contributed by atoms with Crippen molar-refractivity contribution >= 4 is 24.2 Å². The van der Waals surface area contributed by atoms with Crippen LogP contribution in [0.5, 0.6) is 0 Å². The largest absolute Gasteiger partial charge is 0.393 e. The zero-order valence-corrected chi connectivity index (χ0v) is 10.3. The summed E-state index contributed by atoms with van der Waals surface area (Å²) in [7, 11) is 0. The molecule has 2 atom stereocenters. The fraction of sp³-hybridized carbons (Fsp3) is 0.600. The molecule has 0 aromatic carbocycles. The SMILES string of the molecule is C[C@H](O)C/C=N\NC(=O)C(=O)N/N=C/C[C@@H](C)O. The van der Waals surface area contributed by atoms with Gasteiger partial charge >= 0.3 is 11.8 Å². The van der Waals surface area contributed by atoms with Gasteiger partial charge < -0.3 is 10.2 Å². The van der Waals surface area contributed by atoms with Gasteiger partial charge in [0, 0.05) is 25.3 Å². The number of aliphatic hydroxyl groups excluding tert-OH is 2. The van der Waals surface area contributed by atoms with Crippen LogP contribution < -0.4 is 10.9 Å². The summed E-state index contributed by atoms with van der Waals surface area (Å²) in [5.41, 5.74) is 3.94. The second-order valence-electron chi connectivity index (χ2n) is 3.67. The Morgan fingerprint density at radius 3 is 1.61 bits per heavy atom. The smallest absolute Gasteiger partial charge is 0.331 e. The van der Waals surface area contributed by atoms with Gasteiger partial charge in [0.2, 0.25) is 0 Å². The standard InChI is InChI=1S/C10H18N4O4/c1-7(15)3-5-11-13-9(17)10(18)14-12-6-4-8(2)16/h5-8,15-16H,3-4H2,1-2H3,(H,13,17)(H,14,18)/b11-5-,12-6+/t7-,8+/m0/s1. The lowest BCUT2D eigenvalue weighted by atomic mass is 10.3. The van der Waals surface area contributed by atoms with Crippen LogP contribution in [-0.2, 0) is 9.59 Å². The molecule has 102 valence electrons. The molecule has 8 nitrogen and oxygen atoms in total. The molecule has 18 heavy (non-hydrogen) atoms. The summed E-state index contributed by atoms with van der Waals surface area (Å²) in [5, 5.41) is 24.7. The molecular weight excluding hydrogens is 240 g/mol. The van der Waals surface area contributed by atoms with Gasteiger partial charge in [-0.2, -0.15) is 10.2 Å². The second kappa shape index (κ2) is 9.25. The summed E-state index contributed by atoms with van der Waals surface area (Å²) in [6.07, 6.45) is 1.98. The van der Waals surface area contributed by atoms with Crippen molar-refractivity contribution < 1.29 is 19.8 Å². The third-order valence-corrected chi connectivity index (χ3v) is 1.61. The first-order chi connectivity index (χ1) is 8.43. The number of carbonyl (C=O) groups is 2. The number of hydrogen-bond acceptors (Lipinski definition) is 6. The van der Waals surface area contributed by atoms with E-state index in [1.54, 1.807) is 13.8 Å². The van der Waals surface area contributed by atoms with E-state index >= 15 is 0 Å². The highest BCUT2D eigenvalue weighted by molar-refractivity contribution is 6.35. The van der Waals surface area contributed by atoms with E-state index in [4.69, 9.17) is 10.2 Å². The second-order valence-corrected chi connectivity index (χ2v) is 3.67. The van der Waals surface area contributed by atoms with Gasteiger partial charge in [-0.1, -0.05) is 0 Å². The van der Waals surface area contributed by atoms with Gasteiger partial charge in [0.05, 0.1) is 12.2 Å². The number of rotatable bonds is 6. The van der Waals surface area contributed by atoms with Crippen LogP contribution in [0.4, 0.5) is 0 Å². The maximum atomic E-state index is 11.1. The molecular formula is C10H18N4O4. The molecule has 0 aromatic rings. The first-order valence-corrected chi connectivity index (χ1v) is 5.43. The molecule has 0 aliphatic carbocycles. The van der Waals surface area contributed by atoms with Crippen LogP contribution in [0.15, 0.2) is 10.2 Å². The minimum atomic E-state index is -0.967. The predicted octanol–water partition coefficient (Wildman–Crippen LogP) is -1.27. The van der Waals surface area contributed by atoms with E-state index < -0.39 is 24.0 Å². The van der Waals surface area contributed by atoms with Crippen LogP contribution in [0.2, 0.25) is 0 Å². The number of aliphatic hydroxyl groups is 2. The zero-order valence-electron chi connectivity index (χ0n) is 10.3. The van der Waals surface area contributed by atoms with Gasteiger partial charge in [0.1, 0.15) is 0 Å². The molecule has 0 aromatic heterocycles. The van der Waals surface area contributed by atoms with Crippen molar-refractivity contribution in [2.45, 2.75) is 38.9 Å². The molecule has 2 amide bonds. The summed E-state index contributed by atoms with van der Waals surface area (Å²) >= 11 is 0. The number of amides is 2. The molecule has 0 unspecified atom stereocenters. The van der Waals surface area contributed by atoms with Crippen LogP contribution in [0.1, 0.15) is 26.7 Å². The summed E-state index contributed by atoms with van der Waals surface area (Å²) in [6, 6.07) is 0. The number of nitrogens with one attached hydrogen (secondary N) is 2. The summed E-state index contributed by atoms with van der Waals surface area (Å²) in [6.45, 7) is 3.13. The Labute approximate surface area is 105 Å². The van der Waals surface area contributed by atoms with E-state index in [-0.39, 0.29) is 12.8 Å². The molecule has 0 radical (unpaired) electrons. The first-order valence-electron chi connectivity index (χ1n) is 5.43. The lowest BCUT2D eigenvalue weighted by Crippen LogP contribution is -2.35. The lowest BCUT2D eigenvalue weighted by Gasteiger charge is -1.99. The molecule has 0 fully saturated rings. The van der Waals surface area contributed by atoms with E-state index in [2.05, 4.69) is 10.2 Å². The third-order valence-electron chi connectivity index (χ3n) is 1.61. The molecule has 0 aliphatic rings. The van der Waals surface area contributed by atoms with Crippen molar-refractivity contribution in [2.24, 2.45) is 10.2 Å². The van der Waals surface area contributed by atoms with Crippen LogP contribution in [0, 0.1) is 0 Å². The van der Waals surface area contributed by atoms with Crippen LogP contribution in [0.3, 0.4) is 0 Å². The molecule has 4 N–H and O–H groups in total. The van der Waals surface area contributed by atoms with Gasteiger partial charge in [-0.25, -0.2) is 10.9 Å². The Morgan fingerprint density at radius 2 is 1.33 bits per heavy atom. The van der Waals surface area contributed by atoms with Crippen molar-refractivity contribution in [3.63, 3.8) is 0 Å². The molecule has 0 aliphatic heterocycles. The minimum absolute atomic E-state index is 0.272. The minimum Gasteiger partial charge on any atom is -0.393 e. The molecule has 0 rings (SSSR count). The quantitative estimate of drug-likeness (QED) is 0.269. The van der Waals surface area contributed by atoms with Gasteiger partial charge in [0.15, 0.2) is 0 Å². The Balaban J connectivity index is 3.86. The zero-order chi connectivity index (χ0) is 14.0. The average molecular weight is 258 g/mol. The van der Waals surface area contributed by atoms with Crippen molar-refractivity contribution in [3.8, 4) is 0 Å². The number of carbonyl (C=O) groups excluding carboxylic acids is 2. The Bertz CT molecular complexity index is 294. The summed E-state index contributed by atoms with van der Waals surface area (Å²) in [4.78, 5) is 22.2. The maximum Gasteiger partial charge on any atom is 0.331 e. The van der Waals surface area contributed by atoms with Crippen LogP contribution in [-0.4, -0.2) is 46.7 Å². The van der Waals surface area contributed by atoms with Crippen molar-refractivity contribution in [3.05, 3.63) is 0 Å². The van der Waals surface area contributed by atoms with E-state index in [9.17, 15) is 9.59 Å². The Hall–Kier alpha value is -1.80. The molecule has 8 heteroatoms. The normalized spacial score (nSPS) is 14.7. The van der Waals surface area contributed by atoms with E-state index in [0.717, 1.165) is 0 Å². The molecule has 0 heterocycles. The van der Waals surface area contributed by atoms with Crippen molar-refractivity contribution in [1.29, 1.82) is 0 Å². The number of hydrogen-bond donors (Lipinski definition) is 4. The molecule has 0 saturated heterocycles. The monoisotopic (exact) mass is 258 g/mol. The fourth-order valence-electron chi connectivity index (χ4n) is 0.721. The average Bonchev–Trinajstić information content (AvgIpc) is 2.29. The molecule has 0 bridgehead atoms. The van der Waals surface area contributed by atoms with E-state index in [0.29, 0.717) is 0 Å².